The van der Waals surface area contributed by atoms with E-state index in [1.165, 1.54) is 32.1 Å². The molecule has 0 saturated carbocycles. The third-order valence-corrected chi connectivity index (χ3v) is 3.99. The zero-order valence-electron chi connectivity index (χ0n) is 10.5. The van der Waals surface area contributed by atoms with E-state index in [4.69, 9.17) is 5.53 Å². The molecule has 0 aliphatic heterocycles. The highest BCUT2D eigenvalue weighted by molar-refractivity contribution is 6.87. The summed E-state index contributed by atoms with van der Waals surface area (Å²) < 4.78 is 0. The number of unbranched alkanes of at least 4 members (excludes halogenated alkanes) is 4. The third kappa shape index (κ3) is 14.1. The topological polar surface area (TPSA) is 36.4 Å². The van der Waals surface area contributed by atoms with Crippen LogP contribution in [-0.2, 0) is 0 Å². The van der Waals surface area contributed by atoms with Crippen molar-refractivity contribution in [3.8, 4) is 0 Å². The van der Waals surface area contributed by atoms with Crippen molar-refractivity contribution in [1.29, 1.82) is 0 Å². The van der Waals surface area contributed by atoms with E-state index in [0.29, 0.717) is 0 Å². The van der Waals surface area contributed by atoms with Crippen molar-refractivity contribution < 1.29 is 4.79 Å². The van der Waals surface area contributed by atoms with Crippen molar-refractivity contribution in [3.05, 3.63) is 5.53 Å². The molecule has 0 unspecified atom stereocenters. The summed E-state index contributed by atoms with van der Waals surface area (Å²) >= 11 is 0. The Morgan fingerprint density at radius 3 is 1.64 bits per heavy atom. The first-order valence-electron chi connectivity index (χ1n) is 5.78. The van der Waals surface area contributed by atoms with Gasteiger partial charge in [-0.1, -0.05) is 59.0 Å². The van der Waals surface area contributed by atoms with Crippen LogP contribution in [0, 0.1) is 0 Å². The van der Waals surface area contributed by atoms with Crippen LogP contribution in [0.3, 0.4) is 0 Å². The average Bonchev–Trinajstić information content (AvgIpc) is 2.18. The van der Waals surface area contributed by atoms with Crippen LogP contribution in [0.5, 0.6) is 0 Å². The summed E-state index contributed by atoms with van der Waals surface area (Å²) in [6.45, 7) is 10.6. The molecule has 3 heteroatoms. The van der Waals surface area contributed by atoms with Gasteiger partial charge >= 0.3 is 0 Å². The molecule has 0 aromatic carbocycles. The summed E-state index contributed by atoms with van der Waals surface area (Å²) in [5.74, 6) is 0. The van der Waals surface area contributed by atoms with Crippen LogP contribution < -0.4 is 0 Å². The highest BCUT2D eigenvalue weighted by Crippen LogP contribution is 2.00. The summed E-state index contributed by atoms with van der Waals surface area (Å²) in [6.07, 6.45) is 7.01. The van der Waals surface area contributed by atoms with Gasteiger partial charge in [-0.3, -0.25) is 0 Å². The SMILES string of the molecule is CC(=[N+]=[N-])[SiH](C)C.CCCCCCC. The zero-order valence-corrected chi connectivity index (χ0v) is 11.7. The molecular weight excluding hydrogens is 188 g/mol. The second kappa shape index (κ2) is 12.6. The lowest BCUT2D eigenvalue weighted by Crippen LogP contribution is -2.14. The molecule has 0 aromatic heterocycles. The maximum absolute atomic E-state index is 8.13. The van der Waals surface area contributed by atoms with E-state index < -0.39 is 8.80 Å². The van der Waals surface area contributed by atoms with Crippen molar-refractivity contribution in [2.24, 2.45) is 0 Å². The number of hydrogen-bond donors (Lipinski definition) is 0. The molecule has 0 amide bonds. The summed E-state index contributed by atoms with van der Waals surface area (Å²) in [7, 11) is -0.765. The highest BCUT2D eigenvalue weighted by atomic mass is 28.3. The van der Waals surface area contributed by atoms with Crippen molar-refractivity contribution in [2.45, 2.75) is 66.0 Å². The van der Waals surface area contributed by atoms with Gasteiger partial charge in [0.1, 0.15) is 0 Å². The van der Waals surface area contributed by atoms with Crippen LogP contribution in [0.2, 0.25) is 13.1 Å². The van der Waals surface area contributed by atoms with Gasteiger partial charge in [0.05, 0.1) is 0 Å². The van der Waals surface area contributed by atoms with Crippen LogP contribution in [0.1, 0.15) is 52.9 Å². The number of rotatable bonds is 5. The second-order valence-electron chi connectivity index (χ2n) is 3.96. The predicted octanol–water partition coefficient (Wildman–Crippen LogP) is 3.68. The largest absolute Gasteiger partial charge is 0.362 e. The standard InChI is InChI=1S/C7H16.C4H10N2Si/c1-3-5-7-6-4-2;1-4(6-5)7(2)3/h3-7H2,1-2H3;7H,1-3H3. The van der Waals surface area contributed by atoms with E-state index in [1.807, 2.05) is 6.92 Å². The first-order chi connectivity index (χ1) is 6.59. The van der Waals surface area contributed by atoms with Gasteiger partial charge in [0.15, 0.2) is 8.80 Å². The van der Waals surface area contributed by atoms with Crippen molar-refractivity contribution in [1.82, 2.24) is 0 Å². The Kier molecular flexibility index (Phi) is 14.4. The Hall–Kier alpha value is -0.403. The minimum atomic E-state index is -0.765. The summed E-state index contributed by atoms with van der Waals surface area (Å²) in [6, 6.07) is 0. The maximum atomic E-state index is 8.13. The lowest BCUT2D eigenvalue weighted by Gasteiger charge is -1.90. The molecule has 0 radical (unpaired) electrons. The average molecular weight is 214 g/mol. The minimum Gasteiger partial charge on any atom is -0.362 e. The van der Waals surface area contributed by atoms with Gasteiger partial charge in [-0.05, 0) is 0 Å². The molecular formula is C11H26N2Si. The molecule has 0 rings (SSSR count). The third-order valence-electron chi connectivity index (χ3n) is 2.20. The van der Waals surface area contributed by atoms with Gasteiger partial charge in [0.25, 0.3) is 0 Å². The molecule has 0 atom stereocenters. The number of nitrogens with zero attached hydrogens (tertiary/aromatic N) is 2. The fourth-order valence-electron chi connectivity index (χ4n) is 0.792. The normalized spacial score (nSPS) is 9.00. The summed E-state index contributed by atoms with van der Waals surface area (Å²) in [5, 5.41) is 0.917. The van der Waals surface area contributed by atoms with E-state index >= 15 is 0 Å². The first-order valence-corrected chi connectivity index (χ1v) is 8.67. The van der Waals surface area contributed by atoms with Gasteiger partial charge < -0.3 is 5.53 Å². The Morgan fingerprint density at radius 1 is 1.07 bits per heavy atom. The predicted molar refractivity (Wildman–Crippen MR) is 67.6 cm³/mol. The smallest absolute Gasteiger partial charge is 0.230 e. The monoisotopic (exact) mass is 214 g/mol. The van der Waals surface area contributed by atoms with E-state index in [9.17, 15) is 0 Å². The Labute approximate surface area is 91.0 Å². The molecule has 0 N–H and O–H groups in total. The first kappa shape index (κ1) is 16.0. The van der Waals surface area contributed by atoms with E-state index in [2.05, 4.69) is 31.7 Å². The van der Waals surface area contributed by atoms with Crippen LogP contribution in [-0.4, -0.2) is 18.9 Å². The molecule has 0 bridgehead atoms. The maximum Gasteiger partial charge on any atom is 0.230 e. The van der Waals surface area contributed by atoms with Crippen LogP contribution >= 0.6 is 0 Å². The van der Waals surface area contributed by atoms with Gasteiger partial charge in [-0.15, -0.1) is 0 Å². The zero-order chi connectivity index (χ0) is 11.4. The van der Waals surface area contributed by atoms with Crippen LogP contribution in [0.4, 0.5) is 0 Å². The van der Waals surface area contributed by atoms with Gasteiger partial charge in [-0.25, -0.2) is 0 Å². The molecule has 0 heterocycles. The summed E-state index contributed by atoms with van der Waals surface area (Å²) in [4.78, 5) is 3.07. The fourth-order valence-corrected chi connectivity index (χ4v) is 1.02. The Morgan fingerprint density at radius 2 is 1.50 bits per heavy atom. The minimum absolute atomic E-state index is 0.765. The van der Waals surface area contributed by atoms with Crippen molar-refractivity contribution in [3.63, 3.8) is 0 Å². The molecule has 0 saturated heterocycles. The fraction of sp³-hybridized carbons (Fsp3) is 0.909. The van der Waals surface area contributed by atoms with Crippen molar-refractivity contribution >= 4 is 14.1 Å². The van der Waals surface area contributed by atoms with Gasteiger partial charge in [0.2, 0.25) is 5.33 Å². The second-order valence-corrected chi connectivity index (χ2v) is 7.10. The molecule has 0 spiro atoms. The number of hydrogen-bond acceptors (Lipinski definition) is 0. The van der Waals surface area contributed by atoms with Crippen LogP contribution in [0.15, 0.2) is 0 Å². The highest BCUT2D eigenvalue weighted by Gasteiger charge is 2.05. The molecule has 2 nitrogen and oxygen atoms in total. The van der Waals surface area contributed by atoms with E-state index in [0.717, 1.165) is 5.33 Å². The Bertz CT molecular complexity index is 157. The molecule has 0 aliphatic rings. The summed E-state index contributed by atoms with van der Waals surface area (Å²) in [5.41, 5.74) is 8.13. The lowest BCUT2D eigenvalue weighted by atomic mass is 10.2. The van der Waals surface area contributed by atoms with Gasteiger partial charge in [0, 0.05) is 6.92 Å². The molecule has 84 valence electrons. The molecule has 0 aromatic rings. The molecule has 14 heavy (non-hydrogen) atoms. The van der Waals surface area contributed by atoms with Crippen molar-refractivity contribution in [2.75, 3.05) is 0 Å². The Balaban J connectivity index is 0. The lowest BCUT2D eigenvalue weighted by molar-refractivity contribution is -0.00158. The van der Waals surface area contributed by atoms with Crippen LogP contribution in [0.25, 0.3) is 5.53 Å². The molecule has 0 fully saturated rings. The van der Waals surface area contributed by atoms with Gasteiger partial charge in [-0.2, -0.15) is 4.79 Å². The van der Waals surface area contributed by atoms with E-state index in [1.54, 1.807) is 0 Å². The quantitative estimate of drug-likeness (QED) is 0.220. The van der Waals surface area contributed by atoms with E-state index in [-0.39, 0.29) is 0 Å². The molecule has 0 aliphatic carbocycles.